The molecule has 1 heterocycles. The first-order chi connectivity index (χ1) is 8.22. The smallest absolute Gasteiger partial charge is 0.141 e. The Hall–Kier alpha value is -2.65. The molecule has 0 unspecified atom stereocenters. The minimum absolute atomic E-state index is 0.407. The van der Waals surface area contributed by atoms with Gasteiger partial charge in [0.15, 0.2) is 0 Å². The zero-order chi connectivity index (χ0) is 12.3. The summed E-state index contributed by atoms with van der Waals surface area (Å²) in [6, 6.07) is 15.0. The Kier molecular flexibility index (Phi) is 2.85. The van der Waals surface area contributed by atoms with Crippen molar-refractivity contribution in [1.29, 1.82) is 10.5 Å². The Morgan fingerprint density at radius 1 is 0.941 bits per heavy atom. The molecule has 0 radical (unpaired) electrons. The van der Waals surface area contributed by atoms with Crippen LogP contribution in [0.1, 0.15) is 17.0 Å². The van der Waals surface area contributed by atoms with E-state index < -0.39 is 0 Å². The van der Waals surface area contributed by atoms with Crippen LogP contribution in [-0.2, 0) is 0 Å². The molecule has 1 aromatic carbocycles. The van der Waals surface area contributed by atoms with Crippen LogP contribution in [0, 0.1) is 29.6 Å². The molecule has 2 rings (SSSR count). The quantitative estimate of drug-likeness (QED) is 0.740. The predicted octanol–water partition coefficient (Wildman–Crippen LogP) is 2.80. The molecule has 80 valence electrons. The molecular formula is C14H9N3. The van der Waals surface area contributed by atoms with E-state index in [0.717, 1.165) is 16.8 Å². The van der Waals surface area contributed by atoms with Gasteiger partial charge in [0.05, 0.1) is 11.6 Å². The summed E-state index contributed by atoms with van der Waals surface area (Å²) in [4.78, 5) is 4.10. The summed E-state index contributed by atoms with van der Waals surface area (Å²) >= 11 is 0. The Labute approximate surface area is 99.6 Å². The van der Waals surface area contributed by atoms with Crippen molar-refractivity contribution >= 4 is 0 Å². The summed E-state index contributed by atoms with van der Waals surface area (Å²) in [6.07, 6.45) is 0. The molecule has 0 aliphatic heterocycles. The van der Waals surface area contributed by atoms with E-state index in [4.69, 9.17) is 10.5 Å². The summed E-state index contributed by atoms with van der Waals surface area (Å²) < 4.78 is 0. The summed E-state index contributed by atoms with van der Waals surface area (Å²) in [5.41, 5.74) is 3.76. The first kappa shape index (κ1) is 10.9. The number of hydrogen-bond acceptors (Lipinski definition) is 3. The first-order valence-electron chi connectivity index (χ1n) is 5.12. The highest BCUT2D eigenvalue weighted by Crippen LogP contribution is 2.21. The van der Waals surface area contributed by atoms with Crippen molar-refractivity contribution in [2.24, 2.45) is 0 Å². The number of aromatic nitrogens is 1. The third-order valence-electron chi connectivity index (χ3n) is 2.42. The van der Waals surface area contributed by atoms with Crippen LogP contribution < -0.4 is 0 Å². The predicted molar refractivity (Wildman–Crippen MR) is 63.8 cm³/mol. The molecule has 0 bridgehead atoms. The monoisotopic (exact) mass is 219 g/mol. The lowest BCUT2D eigenvalue weighted by molar-refractivity contribution is 1.17. The molecule has 0 aliphatic rings. The van der Waals surface area contributed by atoms with Gasteiger partial charge in [0.2, 0.25) is 0 Å². The van der Waals surface area contributed by atoms with Gasteiger partial charge in [-0.05, 0) is 42.3 Å². The fraction of sp³-hybridized carbons (Fsp3) is 0.0714. The van der Waals surface area contributed by atoms with Gasteiger partial charge in [0.1, 0.15) is 11.8 Å². The number of hydrogen-bond donors (Lipinski definition) is 0. The van der Waals surface area contributed by atoms with Gasteiger partial charge in [-0.3, -0.25) is 0 Å². The van der Waals surface area contributed by atoms with E-state index in [1.54, 1.807) is 18.2 Å². The molecule has 3 heteroatoms. The minimum Gasteiger partial charge on any atom is -0.242 e. The molecule has 0 aliphatic carbocycles. The Bertz CT molecular complexity index is 628. The minimum atomic E-state index is 0.407. The number of rotatable bonds is 1. The lowest BCUT2D eigenvalue weighted by atomic mass is 10.0. The van der Waals surface area contributed by atoms with Gasteiger partial charge < -0.3 is 0 Å². The summed E-state index contributed by atoms with van der Waals surface area (Å²) in [5, 5.41) is 17.6. The Morgan fingerprint density at radius 2 is 1.65 bits per heavy atom. The fourth-order valence-corrected chi connectivity index (χ4v) is 1.63. The maximum atomic E-state index is 8.86. The van der Waals surface area contributed by atoms with E-state index in [1.165, 1.54) is 0 Å². The van der Waals surface area contributed by atoms with Crippen molar-refractivity contribution in [1.82, 2.24) is 4.98 Å². The number of pyridine rings is 1. The second-order valence-electron chi connectivity index (χ2n) is 3.68. The molecule has 17 heavy (non-hydrogen) atoms. The van der Waals surface area contributed by atoms with Crippen molar-refractivity contribution in [3.63, 3.8) is 0 Å². The molecule has 0 saturated heterocycles. The lowest BCUT2D eigenvalue weighted by Gasteiger charge is -2.03. The largest absolute Gasteiger partial charge is 0.242 e. The standard InChI is InChI=1S/C14H9N3/c1-10-6-13(7-14(9-16)17-10)12-4-2-11(8-15)3-5-12/h2-7H,1H3. The van der Waals surface area contributed by atoms with Crippen LogP contribution in [0.15, 0.2) is 36.4 Å². The molecule has 0 N–H and O–H groups in total. The van der Waals surface area contributed by atoms with Crippen molar-refractivity contribution in [3.8, 4) is 23.3 Å². The van der Waals surface area contributed by atoms with Crippen LogP contribution in [-0.4, -0.2) is 4.98 Å². The van der Waals surface area contributed by atoms with Crippen LogP contribution >= 0.6 is 0 Å². The van der Waals surface area contributed by atoms with Gasteiger partial charge in [-0.25, -0.2) is 4.98 Å². The van der Waals surface area contributed by atoms with E-state index in [9.17, 15) is 0 Å². The zero-order valence-corrected chi connectivity index (χ0v) is 9.31. The molecule has 3 nitrogen and oxygen atoms in total. The van der Waals surface area contributed by atoms with Gasteiger partial charge in [0.25, 0.3) is 0 Å². The maximum Gasteiger partial charge on any atom is 0.141 e. The molecule has 0 saturated carbocycles. The molecule has 0 fully saturated rings. The van der Waals surface area contributed by atoms with Gasteiger partial charge in [0, 0.05) is 5.69 Å². The Morgan fingerprint density at radius 3 is 2.24 bits per heavy atom. The summed E-state index contributed by atoms with van der Waals surface area (Å²) in [7, 11) is 0. The summed E-state index contributed by atoms with van der Waals surface area (Å²) in [5.74, 6) is 0. The molecule has 1 aromatic heterocycles. The zero-order valence-electron chi connectivity index (χ0n) is 9.31. The number of nitriles is 2. The maximum absolute atomic E-state index is 8.86. The highest BCUT2D eigenvalue weighted by molar-refractivity contribution is 5.65. The second-order valence-corrected chi connectivity index (χ2v) is 3.68. The highest BCUT2D eigenvalue weighted by atomic mass is 14.7. The van der Waals surface area contributed by atoms with Crippen LogP contribution in [0.25, 0.3) is 11.1 Å². The SMILES string of the molecule is Cc1cc(-c2ccc(C#N)cc2)cc(C#N)n1. The van der Waals surface area contributed by atoms with E-state index >= 15 is 0 Å². The topological polar surface area (TPSA) is 60.5 Å². The third kappa shape index (κ3) is 2.30. The summed E-state index contributed by atoms with van der Waals surface area (Å²) in [6.45, 7) is 1.86. The van der Waals surface area contributed by atoms with E-state index in [2.05, 4.69) is 11.1 Å². The van der Waals surface area contributed by atoms with Gasteiger partial charge in [-0.1, -0.05) is 12.1 Å². The Balaban J connectivity index is 2.50. The molecule has 0 spiro atoms. The van der Waals surface area contributed by atoms with Gasteiger partial charge in [-0.15, -0.1) is 0 Å². The molecule has 2 aromatic rings. The fourth-order valence-electron chi connectivity index (χ4n) is 1.63. The van der Waals surface area contributed by atoms with Crippen LogP contribution in [0.5, 0.6) is 0 Å². The van der Waals surface area contributed by atoms with Gasteiger partial charge in [-0.2, -0.15) is 10.5 Å². The van der Waals surface area contributed by atoms with Crippen LogP contribution in [0.4, 0.5) is 0 Å². The third-order valence-corrected chi connectivity index (χ3v) is 2.42. The van der Waals surface area contributed by atoms with Crippen molar-refractivity contribution in [3.05, 3.63) is 53.3 Å². The van der Waals surface area contributed by atoms with Crippen molar-refractivity contribution in [2.45, 2.75) is 6.92 Å². The molecule has 0 amide bonds. The average molecular weight is 219 g/mol. The van der Waals surface area contributed by atoms with Crippen molar-refractivity contribution < 1.29 is 0 Å². The first-order valence-corrected chi connectivity index (χ1v) is 5.12. The molecule has 0 atom stereocenters. The normalized spacial score (nSPS) is 9.35. The lowest BCUT2D eigenvalue weighted by Crippen LogP contribution is -1.89. The highest BCUT2D eigenvalue weighted by Gasteiger charge is 2.02. The van der Waals surface area contributed by atoms with Crippen LogP contribution in [0.3, 0.4) is 0 Å². The van der Waals surface area contributed by atoms with E-state index in [1.807, 2.05) is 31.2 Å². The number of benzene rings is 1. The number of aryl methyl sites for hydroxylation is 1. The van der Waals surface area contributed by atoms with E-state index in [0.29, 0.717) is 11.3 Å². The second kappa shape index (κ2) is 4.47. The van der Waals surface area contributed by atoms with E-state index in [-0.39, 0.29) is 0 Å². The van der Waals surface area contributed by atoms with Crippen LogP contribution in [0.2, 0.25) is 0 Å². The van der Waals surface area contributed by atoms with Gasteiger partial charge >= 0.3 is 0 Å². The average Bonchev–Trinajstić information content (AvgIpc) is 2.38. The molecular weight excluding hydrogens is 210 g/mol. The number of nitrogens with zero attached hydrogens (tertiary/aromatic N) is 3. The van der Waals surface area contributed by atoms with Crippen molar-refractivity contribution in [2.75, 3.05) is 0 Å².